The summed E-state index contributed by atoms with van der Waals surface area (Å²) in [5.41, 5.74) is 1.77. The molecule has 1 saturated carbocycles. The first-order valence-corrected chi connectivity index (χ1v) is 9.84. The fourth-order valence-corrected chi connectivity index (χ4v) is 3.12. The Labute approximate surface area is 178 Å². The highest BCUT2D eigenvalue weighted by Crippen LogP contribution is 2.35. The Bertz CT molecular complexity index is 1170. The average Bonchev–Trinajstić information content (AvgIpc) is 3.24. The number of carbonyl (C=O) groups is 2. The molecule has 9 nitrogen and oxygen atoms in total. The van der Waals surface area contributed by atoms with Crippen LogP contribution in [0.1, 0.15) is 27.2 Å². The molecule has 0 unspecified atom stereocenters. The molecule has 0 spiro atoms. The van der Waals surface area contributed by atoms with Gasteiger partial charge in [-0.3, -0.25) is 14.8 Å². The van der Waals surface area contributed by atoms with Crippen molar-refractivity contribution in [3.8, 4) is 11.1 Å². The highest BCUT2D eigenvalue weighted by atomic mass is 19.1. The lowest BCUT2D eigenvalue weighted by molar-refractivity contribution is -0.117. The molecule has 1 aromatic carbocycles. The van der Waals surface area contributed by atoms with Crippen LogP contribution in [0.2, 0.25) is 0 Å². The largest absolute Gasteiger partial charge is 0.444 e. The number of carbonyl (C=O) groups excluding carboxylic acids is 2. The average molecular weight is 426 g/mol. The number of anilines is 2. The molecule has 1 fully saturated rings. The van der Waals surface area contributed by atoms with Gasteiger partial charge >= 0.3 is 6.09 Å². The number of halogens is 1. The molecule has 0 aliphatic heterocycles. The molecule has 4 rings (SSSR count). The molecule has 1 aliphatic carbocycles. The standard InChI is InChI=1S/C21H23FN6O3/c1-21(2,3)31-20(30)24-16-6-11(13-9-23-28(4)10-13)5-12-7-17(26-27-18(12)16)25-19(29)14-8-15(14)22/h5-7,9-10,14-15H,8H2,1-4H3,(H,24,30)(H,25,26,29)/t14-,15+/m1/s1. The summed E-state index contributed by atoms with van der Waals surface area (Å²) in [5.74, 6) is -0.844. The van der Waals surface area contributed by atoms with Crippen LogP contribution >= 0.6 is 0 Å². The highest BCUT2D eigenvalue weighted by molar-refractivity contribution is 6.02. The predicted molar refractivity (Wildman–Crippen MR) is 113 cm³/mol. The van der Waals surface area contributed by atoms with Crippen molar-refractivity contribution in [3.63, 3.8) is 0 Å². The van der Waals surface area contributed by atoms with Crippen molar-refractivity contribution in [1.29, 1.82) is 0 Å². The van der Waals surface area contributed by atoms with Crippen molar-refractivity contribution in [2.24, 2.45) is 13.0 Å². The van der Waals surface area contributed by atoms with Crippen LogP contribution in [0.15, 0.2) is 30.6 Å². The van der Waals surface area contributed by atoms with Crippen LogP contribution in [0.3, 0.4) is 0 Å². The topological polar surface area (TPSA) is 111 Å². The van der Waals surface area contributed by atoms with Crippen molar-refractivity contribution in [3.05, 3.63) is 30.6 Å². The number of benzene rings is 1. The summed E-state index contributed by atoms with van der Waals surface area (Å²) in [5, 5.41) is 18.3. The van der Waals surface area contributed by atoms with Crippen molar-refractivity contribution >= 4 is 34.4 Å². The molecule has 1 aliphatic rings. The van der Waals surface area contributed by atoms with Gasteiger partial charge in [0.05, 0.1) is 17.8 Å². The van der Waals surface area contributed by atoms with E-state index < -0.39 is 29.7 Å². The number of nitrogens with one attached hydrogen (secondary N) is 2. The summed E-state index contributed by atoms with van der Waals surface area (Å²) >= 11 is 0. The minimum absolute atomic E-state index is 0.211. The molecule has 162 valence electrons. The molecule has 2 aromatic heterocycles. The van der Waals surface area contributed by atoms with Crippen molar-refractivity contribution < 1.29 is 18.7 Å². The van der Waals surface area contributed by atoms with Crippen LogP contribution in [0.25, 0.3) is 22.0 Å². The van der Waals surface area contributed by atoms with Crippen molar-refractivity contribution in [1.82, 2.24) is 20.0 Å². The first-order chi connectivity index (χ1) is 14.6. The Balaban J connectivity index is 1.71. The van der Waals surface area contributed by atoms with E-state index in [9.17, 15) is 14.0 Å². The van der Waals surface area contributed by atoms with Crippen LogP contribution in [-0.4, -0.2) is 43.8 Å². The number of alkyl halides is 1. The van der Waals surface area contributed by atoms with Crippen LogP contribution in [-0.2, 0) is 16.6 Å². The molecule has 0 saturated heterocycles. The zero-order valence-corrected chi connectivity index (χ0v) is 17.6. The maximum Gasteiger partial charge on any atom is 0.412 e. The maximum atomic E-state index is 13.2. The lowest BCUT2D eigenvalue weighted by Crippen LogP contribution is -2.27. The third-order valence-electron chi connectivity index (χ3n) is 4.66. The summed E-state index contributed by atoms with van der Waals surface area (Å²) in [4.78, 5) is 24.4. The van der Waals surface area contributed by atoms with Gasteiger partial charge in [-0.15, -0.1) is 10.2 Å². The van der Waals surface area contributed by atoms with E-state index in [4.69, 9.17) is 4.74 Å². The third-order valence-corrected chi connectivity index (χ3v) is 4.66. The number of nitrogens with zero attached hydrogens (tertiary/aromatic N) is 4. The molecule has 2 amide bonds. The molecule has 2 heterocycles. The Morgan fingerprint density at radius 3 is 2.52 bits per heavy atom. The van der Waals surface area contributed by atoms with Gasteiger partial charge in [-0.2, -0.15) is 5.10 Å². The molecule has 10 heteroatoms. The van der Waals surface area contributed by atoms with Crippen LogP contribution in [0, 0.1) is 5.92 Å². The van der Waals surface area contributed by atoms with Gasteiger partial charge in [0.25, 0.3) is 0 Å². The lowest BCUT2D eigenvalue weighted by Gasteiger charge is -2.20. The molecule has 3 aromatic rings. The van der Waals surface area contributed by atoms with E-state index in [-0.39, 0.29) is 12.2 Å². The Morgan fingerprint density at radius 1 is 1.16 bits per heavy atom. The van der Waals surface area contributed by atoms with E-state index in [0.29, 0.717) is 16.6 Å². The summed E-state index contributed by atoms with van der Waals surface area (Å²) in [6.07, 6.45) is 2.03. The van der Waals surface area contributed by atoms with Gasteiger partial charge in [-0.25, -0.2) is 9.18 Å². The summed E-state index contributed by atoms with van der Waals surface area (Å²) < 4.78 is 20.2. The van der Waals surface area contributed by atoms with Crippen molar-refractivity contribution in [2.45, 2.75) is 39.0 Å². The number of rotatable bonds is 4. The van der Waals surface area contributed by atoms with Crippen molar-refractivity contribution in [2.75, 3.05) is 10.6 Å². The fourth-order valence-electron chi connectivity index (χ4n) is 3.12. The smallest absolute Gasteiger partial charge is 0.412 e. The van der Waals surface area contributed by atoms with Crippen LogP contribution < -0.4 is 10.6 Å². The zero-order valence-electron chi connectivity index (χ0n) is 17.6. The van der Waals surface area contributed by atoms with Gasteiger partial charge in [-0.05, 0) is 51.0 Å². The van der Waals surface area contributed by atoms with E-state index in [2.05, 4.69) is 25.9 Å². The van der Waals surface area contributed by atoms with Crippen LogP contribution in [0.5, 0.6) is 0 Å². The molecule has 2 atom stereocenters. The van der Waals surface area contributed by atoms with Gasteiger partial charge in [0.2, 0.25) is 5.91 Å². The Kier molecular flexibility index (Phi) is 5.08. The second-order valence-corrected chi connectivity index (χ2v) is 8.57. The molecular weight excluding hydrogens is 403 g/mol. The second kappa shape index (κ2) is 7.60. The first-order valence-electron chi connectivity index (χ1n) is 9.84. The molecule has 31 heavy (non-hydrogen) atoms. The van der Waals surface area contributed by atoms with E-state index in [0.717, 1.165) is 11.1 Å². The summed E-state index contributed by atoms with van der Waals surface area (Å²) in [6.45, 7) is 5.31. The number of hydrogen-bond donors (Lipinski definition) is 2. The zero-order chi connectivity index (χ0) is 22.3. The predicted octanol–water partition coefficient (Wildman–Crippen LogP) is 3.67. The third kappa shape index (κ3) is 4.79. The monoisotopic (exact) mass is 426 g/mol. The molecular formula is C21H23FN6O3. The SMILES string of the molecule is Cn1cc(-c2cc(NC(=O)OC(C)(C)C)c3nnc(NC(=O)[C@@H]4C[C@@H]4F)cc3c2)cn1. The van der Waals surface area contributed by atoms with E-state index >= 15 is 0 Å². The molecule has 2 N–H and O–H groups in total. The van der Waals surface area contributed by atoms with Gasteiger partial charge in [-0.1, -0.05) is 0 Å². The van der Waals surface area contributed by atoms with E-state index in [1.807, 2.05) is 12.3 Å². The van der Waals surface area contributed by atoms with E-state index in [1.54, 1.807) is 50.8 Å². The van der Waals surface area contributed by atoms with Gasteiger partial charge in [0.1, 0.15) is 17.3 Å². The minimum atomic E-state index is -1.10. The Morgan fingerprint density at radius 2 is 1.90 bits per heavy atom. The first kappa shape index (κ1) is 20.7. The number of fused-ring (bicyclic) bond motifs is 1. The number of amides is 2. The number of aromatic nitrogens is 4. The summed E-state index contributed by atoms with van der Waals surface area (Å²) in [7, 11) is 1.81. The molecule has 0 radical (unpaired) electrons. The van der Waals surface area contributed by atoms with Gasteiger partial charge in [0.15, 0.2) is 5.82 Å². The van der Waals surface area contributed by atoms with Crippen LogP contribution in [0.4, 0.5) is 20.7 Å². The Hall–Kier alpha value is -3.56. The minimum Gasteiger partial charge on any atom is -0.444 e. The van der Waals surface area contributed by atoms with E-state index in [1.165, 1.54) is 0 Å². The number of ether oxygens (including phenoxy) is 1. The molecule has 0 bridgehead atoms. The lowest BCUT2D eigenvalue weighted by atomic mass is 10.0. The summed E-state index contributed by atoms with van der Waals surface area (Å²) in [6, 6.07) is 5.25. The van der Waals surface area contributed by atoms with Gasteiger partial charge < -0.3 is 10.1 Å². The second-order valence-electron chi connectivity index (χ2n) is 8.57. The fraction of sp³-hybridized carbons (Fsp3) is 0.381. The number of hydrogen-bond acceptors (Lipinski definition) is 6. The maximum absolute atomic E-state index is 13.2. The highest BCUT2D eigenvalue weighted by Gasteiger charge is 2.43. The van der Waals surface area contributed by atoms with Gasteiger partial charge in [0, 0.05) is 24.2 Å². The number of aryl methyl sites for hydroxylation is 1. The normalized spacial score (nSPS) is 18.0. The quantitative estimate of drug-likeness (QED) is 0.658.